The highest BCUT2D eigenvalue weighted by Crippen LogP contribution is 2.25. The predicted molar refractivity (Wildman–Crippen MR) is 90.4 cm³/mol. The molecule has 0 aliphatic carbocycles. The van der Waals surface area contributed by atoms with Gasteiger partial charge in [0.05, 0.1) is 4.47 Å². The highest BCUT2D eigenvalue weighted by molar-refractivity contribution is 9.10. The Morgan fingerprint density at radius 1 is 1.05 bits per heavy atom. The lowest BCUT2D eigenvalue weighted by atomic mass is 9.87. The molecule has 22 heavy (non-hydrogen) atoms. The number of rotatable bonds is 4. The molecule has 3 nitrogen and oxygen atoms in total. The molecule has 0 atom stereocenters. The molecule has 2 aromatic rings. The number of hydrogen-bond donors (Lipinski definition) is 0. The third-order valence-electron chi connectivity index (χ3n) is 3.13. The molecule has 0 aromatic heterocycles. The van der Waals surface area contributed by atoms with E-state index >= 15 is 0 Å². The largest absolute Gasteiger partial charge is 0.481 e. The van der Waals surface area contributed by atoms with Crippen LogP contribution in [0.5, 0.6) is 11.5 Å². The minimum Gasteiger partial charge on any atom is -0.481 e. The van der Waals surface area contributed by atoms with Gasteiger partial charge in [0.2, 0.25) is 0 Å². The van der Waals surface area contributed by atoms with E-state index < -0.39 is 5.97 Å². The molecule has 2 aromatic carbocycles. The lowest BCUT2D eigenvalue weighted by Gasteiger charge is -2.19. The molecule has 4 heteroatoms. The number of ether oxygens (including phenoxy) is 2. The first-order chi connectivity index (χ1) is 10.4. The van der Waals surface area contributed by atoms with Gasteiger partial charge in [0.25, 0.3) is 0 Å². The van der Waals surface area contributed by atoms with Crippen LogP contribution in [0.15, 0.2) is 53.0 Å². The van der Waals surface area contributed by atoms with E-state index in [1.165, 1.54) is 5.56 Å². The second-order valence-electron chi connectivity index (χ2n) is 5.97. The van der Waals surface area contributed by atoms with Gasteiger partial charge in [-0.2, -0.15) is 0 Å². The number of carbonyl (C=O) groups excluding carboxylic acids is 1. The van der Waals surface area contributed by atoms with Gasteiger partial charge in [-0.05, 0) is 51.2 Å². The Balaban J connectivity index is 1.91. The summed E-state index contributed by atoms with van der Waals surface area (Å²) in [6.45, 7) is 6.28. The summed E-state index contributed by atoms with van der Waals surface area (Å²) in [5.74, 6) is 0.704. The highest BCUT2D eigenvalue weighted by Gasteiger charge is 2.14. The Bertz CT molecular complexity index is 642. The first-order valence-corrected chi connectivity index (χ1v) is 7.84. The predicted octanol–water partition coefficient (Wildman–Crippen LogP) is 4.73. The van der Waals surface area contributed by atoms with Crippen LogP contribution in [0.1, 0.15) is 26.3 Å². The molecule has 0 radical (unpaired) electrons. The molecule has 0 saturated heterocycles. The van der Waals surface area contributed by atoms with E-state index in [4.69, 9.17) is 9.47 Å². The van der Waals surface area contributed by atoms with Gasteiger partial charge in [0, 0.05) is 0 Å². The molecular formula is C18H19BrO3. The quantitative estimate of drug-likeness (QED) is 0.582. The van der Waals surface area contributed by atoms with Crippen LogP contribution in [0.2, 0.25) is 0 Å². The number of hydrogen-bond acceptors (Lipinski definition) is 3. The summed E-state index contributed by atoms with van der Waals surface area (Å²) in [7, 11) is 0. The maximum Gasteiger partial charge on any atom is 0.349 e. The zero-order valence-corrected chi connectivity index (χ0v) is 14.5. The maximum absolute atomic E-state index is 11.8. The van der Waals surface area contributed by atoms with Crippen LogP contribution in [0.4, 0.5) is 0 Å². The van der Waals surface area contributed by atoms with Crippen molar-refractivity contribution in [1.82, 2.24) is 0 Å². The SMILES string of the molecule is CC(C)(C)c1ccc(OC(=O)COc2ccccc2Br)cc1. The van der Waals surface area contributed by atoms with Crippen molar-refractivity contribution in [3.05, 3.63) is 58.6 Å². The van der Waals surface area contributed by atoms with E-state index in [0.29, 0.717) is 11.5 Å². The van der Waals surface area contributed by atoms with Gasteiger partial charge in [-0.25, -0.2) is 4.79 Å². The second-order valence-corrected chi connectivity index (χ2v) is 6.82. The summed E-state index contributed by atoms with van der Waals surface area (Å²) in [4.78, 5) is 11.8. The Morgan fingerprint density at radius 2 is 1.68 bits per heavy atom. The fourth-order valence-corrected chi connectivity index (χ4v) is 2.28. The molecular weight excluding hydrogens is 344 g/mol. The minimum atomic E-state index is -0.431. The van der Waals surface area contributed by atoms with E-state index in [2.05, 4.69) is 36.7 Å². The van der Waals surface area contributed by atoms with Crippen molar-refractivity contribution in [2.75, 3.05) is 6.61 Å². The molecule has 0 amide bonds. The van der Waals surface area contributed by atoms with Crippen molar-refractivity contribution in [3.8, 4) is 11.5 Å². The second kappa shape index (κ2) is 6.97. The van der Waals surface area contributed by atoms with Crippen molar-refractivity contribution in [3.63, 3.8) is 0 Å². The van der Waals surface area contributed by atoms with E-state index in [1.807, 2.05) is 30.3 Å². The third-order valence-corrected chi connectivity index (χ3v) is 3.79. The normalized spacial score (nSPS) is 11.1. The van der Waals surface area contributed by atoms with Gasteiger partial charge in [0.15, 0.2) is 6.61 Å². The van der Waals surface area contributed by atoms with E-state index in [0.717, 1.165) is 4.47 Å². The average molecular weight is 363 g/mol. The fourth-order valence-electron chi connectivity index (χ4n) is 1.88. The van der Waals surface area contributed by atoms with Gasteiger partial charge in [0.1, 0.15) is 11.5 Å². The molecule has 0 saturated carbocycles. The zero-order chi connectivity index (χ0) is 16.2. The van der Waals surface area contributed by atoms with Crippen molar-refractivity contribution in [2.24, 2.45) is 0 Å². The molecule has 0 aliphatic rings. The van der Waals surface area contributed by atoms with Crippen LogP contribution in [-0.4, -0.2) is 12.6 Å². The van der Waals surface area contributed by atoms with E-state index in [-0.39, 0.29) is 12.0 Å². The molecule has 0 heterocycles. The summed E-state index contributed by atoms with van der Waals surface area (Å²) in [5, 5.41) is 0. The Kier molecular flexibility index (Phi) is 5.24. The smallest absolute Gasteiger partial charge is 0.349 e. The molecule has 0 N–H and O–H groups in total. The van der Waals surface area contributed by atoms with Crippen LogP contribution >= 0.6 is 15.9 Å². The van der Waals surface area contributed by atoms with Crippen LogP contribution in [0.25, 0.3) is 0 Å². The highest BCUT2D eigenvalue weighted by atomic mass is 79.9. The van der Waals surface area contributed by atoms with Gasteiger partial charge in [-0.15, -0.1) is 0 Å². The minimum absolute atomic E-state index is 0.0746. The Hall–Kier alpha value is -1.81. The number of para-hydroxylation sites is 1. The van der Waals surface area contributed by atoms with Gasteiger partial charge in [-0.3, -0.25) is 0 Å². The van der Waals surface area contributed by atoms with Crippen LogP contribution < -0.4 is 9.47 Å². The first kappa shape index (κ1) is 16.6. The molecule has 0 fully saturated rings. The number of benzene rings is 2. The van der Waals surface area contributed by atoms with Crippen molar-refractivity contribution in [2.45, 2.75) is 26.2 Å². The third kappa shape index (κ3) is 4.60. The zero-order valence-electron chi connectivity index (χ0n) is 12.9. The Labute approximate surface area is 139 Å². The fraction of sp³-hybridized carbons (Fsp3) is 0.278. The molecule has 0 spiro atoms. The van der Waals surface area contributed by atoms with Crippen molar-refractivity contribution >= 4 is 21.9 Å². The molecule has 0 bridgehead atoms. The van der Waals surface area contributed by atoms with Gasteiger partial charge < -0.3 is 9.47 Å². The molecule has 116 valence electrons. The summed E-state index contributed by atoms with van der Waals surface area (Å²) in [6.07, 6.45) is 0. The van der Waals surface area contributed by atoms with Crippen LogP contribution in [-0.2, 0) is 10.2 Å². The van der Waals surface area contributed by atoms with Gasteiger partial charge in [-0.1, -0.05) is 45.0 Å². The number of halogens is 1. The molecule has 0 unspecified atom stereocenters. The first-order valence-electron chi connectivity index (χ1n) is 7.05. The average Bonchev–Trinajstić information content (AvgIpc) is 2.46. The van der Waals surface area contributed by atoms with Crippen molar-refractivity contribution < 1.29 is 14.3 Å². The monoisotopic (exact) mass is 362 g/mol. The summed E-state index contributed by atoms with van der Waals surface area (Å²) >= 11 is 3.36. The van der Waals surface area contributed by atoms with Crippen LogP contribution in [0, 0.1) is 0 Å². The summed E-state index contributed by atoms with van der Waals surface area (Å²) in [6, 6.07) is 14.9. The van der Waals surface area contributed by atoms with E-state index in [9.17, 15) is 4.79 Å². The lowest BCUT2D eigenvalue weighted by molar-refractivity contribution is -0.136. The summed E-state index contributed by atoms with van der Waals surface area (Å²) < 4.78 is 11.5. The van der Waals surface area contributed by atoms with Gasteiger partial charge >= 0.3 is 5.97 Å². The van der Waals surface area contributed by atoms with E-state index in [1.54, 1.807) is 18.2 Å². The van der Waals surface area contributed by atoms with Crippen molar-refractivity contribution in [1.29, 1.82) is 0 Å². The Morgan fingerprint density at radius 3 is 2.27 bits per heavy atom. The van der Waals surface area contributed by atoms with Crippen LogP contribution in [0.3, 0.4) is 0 Å². The molecule has 2 rings (SSSR count). The number of carbonyl (C=O) groups is 1. The standard InChI is InChI=1S/C18H19BrO3/c1-18(2,3)13-8-10-14(11-9-13)22-17(20)12-21-16-7-5-4-6-15(16)19/h4-11H,12H2,1-3H3. The topological polar surface area (TPSA) is 35.5 Å². The lowest BCUT2D eigenvalue weighted by Crippen LogP contribution is -2.18. The number of esters is 1. The summed E-state index contributed by atoms with van der Waals surface area (Å²) in [5.41, 5.74) is 1.27. The maximum atomic E-state index is 11.8. The molecule has 0 aliphatic heterocycles.